The smallest absolute Gasteiger partial charge is 0.251 e. The number of nitrogens with two attached hydrogens (primary N) is 1. The van der Waals surface area contributed by atoms with Crippen LogP contribution in [0.1, 0.15) is 45.4 Å². The third-order valence-corrected chi connectivity index (χ3v) is 4.84. The maximum atomic E-state index is 12.0. The molecule has 0 spiro atoms. The Bertz CT molecular complexity index is 769. The Balaban J connectivity index is 1.96. The van der Waals surface area contributed by atoms with E-state index in [0.29, 0.717) is 21.2 Å². The lowest BCUT2D eigenvalue weighted by Crippen LogP contribution is -2.17. The quantitative estimate of drug-likeness (QED) is 0.734. The van der Waals surface area contributed by atoms with Crippen LogP contribution in [-0.4, -0.2) is 17.6 Å². The van der Waals surface area contributed by atoms with E-state index in [2.05, 4.69) is 5.32 Å². The number of carbonyl (C=O) groups is 3. The summed E-state index contributed by atoms with van der Waals surface area (Å²) in [5.74, 6) is -1.06. The molecule has 0 saturated heterocycles. The Hall–Kier alpha value is -2.18. The van der Waals surface area contributed by atoms with Gasteiger partial charge in [0.05, 0.1) is 5.56 Å². The Kier molecular flexibility index (Phi) is 6.11. The molecule has 24 heavy (non-hydrogen) atoms. The summed E-state index contributed by atoms with van der Waals surface area (Å²) in [4.78, 5) is 36.5. The maximum absolute atomic E-state index is 12.0. The molecule has 1 aromatic heterocycles. The molecule has 0 unspecified atom stereocenters. The number of hydrogen-bond donors (Lipinski definition) is 2. The van der Waals surface area contributed by atoms with Gasteiger partial charge in [0, 0.05) is 28.3 Å². The van der Waals surface area contributed by atoms with Crippen LogP contribution in [0.3, 0.4) is 0 Å². The van der Waals surface area contributed by atoms with E-state index in [0.717, 1.165) is 11.3 Å². The summed E-state index contributed by atoms with van der Waals surface area (Å²) in [6.07, 6.45) is 0.847. The van der Waals surface area contributed by atoms with Gasteiger partial charge in [0.2, 0.25) is 5.91 Å². The number of amides is 2. The van der Waals surface area contributed by atoms with Gasteiger partial charge in [-0.1, -0.05) is 18.5 Å². The van der Waals surface area contributed by atoms with Gasteiger partial charge in [-0.05, 0) is 36.8 Å². The molecular weight excluding hydrogens is 348 g/mol. The molecule has 3 N–H and O–H groups in total. The van der Waals surface area contributed by atoms with Gasteiger partial charge in [0.1, 0.15) is 5.00 Å². The Morgan fingerprint density at radius 2 is 1.83 bits per heavy atom. The van der Waals surface area contributed by atoms with Gasteiger partial charge in [-0.25, -0.2) is 0 Å². The minimum Gasteiger partial charge on any atom is -0.366 e. The van der Waals surface area contributed by atoms with Crippen LogP contribution in [0, 0.1) is 0 Å². The van der Waals surface area contributed by atoms with Crippen molar-refractivity contribution in [2.75, 3.05) is 5.32 Å². The molecule has 0 saturated carbocycles. The average Bonchev–Trinajstić information content (AvgIpc) is 2.96. The monoisotopic (exact) mass is 364 g/mol. The van der Waals surface area contributed by atoms with Gasteiger partial charge in [0.15, 0.2) is 5.78 Å². The summed E-state index contributed by atoms with van der Waals surface area (Å²) in [5, 5.41) is 3.65. The Morgan fingerprint density at radius 1 is 1.17 bits per heavy atom. The zero-order chi connectivity index (χ0) is 17.7. The zero-order valence-electron chi connectivity index (χ0n) is 13.1. The second kappa shape index (κ2) is 8.08. The summed E-state index contributed by atoms with van der Waals surface area (Å²) in [5.41, 5.74) is 6.13. The predicted molar refractivity (Wildman–Crippen MR) is 95.9 cm³/mol. The molecule has 126 valence electrons. The number of ketones is 1. The third kappa shape index (κ3) is 4.66. The highest BCUT2D eigenvalue weighted by Crippen LogP contribution is 2.28. The SMILES string of the molecule is CCc1cc(C(N)=O)c(NC(=O)CCC(=O)c2ccc(Cl)cc2)s1. The number of nitrogens with one attached hydrogen (secondary N) is 1. The Labute approximate surface area is 148 Å². The first-order chi connectivity index (χ1) is 11.4. The molecule has 0 aliphatic rings. The lowest BCUT2D eigenvalue weighted by molar-refractivity contribution is -0.116. The van der Waals surface area contributed by atoms with Gasteiger partial charge < -0.3 is 11.1 Å². The van der Waals surface area contributed by atoms with Crippen LogP contribution in [0.25, 0.3) is 0 Å². The number of primary amides is 1. The van der Waals surface area contributed by atoms with Crippen molar-refractivity contribution in [3.63, 3.8) is 0 Å². The largest absolute Gasteiger partial charge is 0.366 e. The van der Waals surface area contributed by atoms with Crippen molar-refractivity contribution in [2.24, 2.45) is 5.73 Å². The zero-order valence-corrected chi connectivity index (χ0v) is 14.7. The average molecular weight is 365 g/mol. The number of anilines is 1. The van der Waals surface area contributed by atoms with Crippen molar-refractivity contribution < 1.29 is 14.4 Å². The fraction of sp³-hybridized carbons (Fsp3) is 0.235. The van der Waals surface area contributed by atoms with Crippen molar-refractivity contribution in [1.29, 1.82) is 0 Å². The minimum atomic E-state index is -0.585. The van der Waals surface area contributed by atoms with Gasteiger partial charge in [-0.15, -0.1) is 11.3 Å². The number of halogens is 1. The number of benzene rings is 1. The number of rotatable bonds is 7. The minimum absolute atomic E-state index is 0.0268. The standard InChI is InChI=1S/C17H17ClN2O3S/c1-2-12-9-13(16(19)23)17(24-12)20-15(22)8-7-14(21)10-3-5-11(18)6-4-10/h3-6,9H,2,7-8H2,1H3,(H2,19,23)(H,20,22). The fourth-order valence-electron chi connectivity index (χ4n) is 2.09. The second-order valence-electron chi connectivity index (χ2n) is 5.15. The van der Waals surface area contributed by atoms with Crippen molar-refractivity contribution >= 4 is 45.5 Å². The van der Waals surface area contributed by atoms with Gasteiger partial charge in [-0.2, -0.15) is 0 Å². The van der Waals surface area contributed by atoms with Crippen LogP contribution in [-0.2, 0) is 11.2 Å². The van der Waals surface area contributed by atoms with Crippen molar-refractivity contribution in [3.05, 3.63) is 51.4 Å². The number of aryl methyl sites for hydroxylation is 1. The van der Waals surface area contributed by atoms with E-state index in [-0.39, 0.29) is 24.5 Å². The van der Waals surface area contributed by atoms with Crippen LogP contribution in [0.2, 0.25) is 5.02 Å². The van der Waals surface area contributed by atoms with Crippen LogP contribution in [0.4, 0.5) is 5.00 Å². The van der Waals surface area contributed by atoms with E-state index in [1.807, 2.05) is 6.92 Å². The highest BCUT2D eigenvalue weighted by molar-refractivity contribution is 7.16. The van der Waals surface area contributed by atoms with Gasteiger partial charge in [0.25, 0.3) is 5.91 Å². The molecular formula is C17H17ClN2O3S. The molecule has 7 heteroatoms. The molecule has 2 amide bonds. The summed E-state index contributed by atoms with van der Waals surface area (Å²) < 4.78 is 0. The highest BCUT2D eigenvalue weighted by Gasteiger charge is 2.16. The van der Waals surface area contributed by atoms with Gasteiger partial charge in [-0.3, -0.25) is 14.4 Å². The number of Topliss-reactive ketones (excluding diaryl/α,β-unsaturated/α-hetero) is 1. The van der Waals surface area contributed by atoms with Crippen LogP contribution in [0.15, 0.2) is 30.3 Å². The van der Waals surface area contributed by atoms with Gasteiger partial charge >= 0.3 is 0 Å². The van der Waals surface area contributed by atoms with E-state index in [4.69, 9.17) is 17.3 Å². The summed E-state index contributed by atoms with van der Waals surface area (Å²) in [7, 11) is 0. The molecule has 0 aliphatic heterocycles. The molecule has 0 atom stereocenters. The molecule has 5 nitrogen and oxygen atoms in total. The highest BCUT2D eigenvalue weighted by atomic mass is 35.5. The maximum Gasteiger partial charge on any atom is 0.251 e. The summed E-state index contributed by atoms with van der Waals surface area (Å²) >= 11 is 7.09. The van der Waals surface area contributed by atoms with Crippen LogP contribution in [0.5, 0.6) is 0 Å². The van der Waals surface area contributed by atoms with Crippen molar-refractivity contribution in [2.45, 2.75) is 26.2 Å². The number of carbonyl (C=O) groups excluding carboxylic acids is 3. The molecule has 2 rings (SSSR count). The molecule has 2 aromatic rings. The first kappa shape index (κ1) is 18.2. The normalized spacial score (nSPS) is 10.4. The van der Waals surface area contributed by atoms with E-state index in [1.165, 1.54) is 11.3 Å². The van der Waals surface area contributed by atoms with Crippen molar-refractivity contribution in [1.82, 2.24) is 0 Å². The molecule has 0 radical (unpaired) electrons. The van der Waals surface area contributed by atoms with E-state index in [1.54, 1.807) is 30.3 Å². The lowest BCUT2D eigenvalue weighted by Gasteiger charge is -2.05. The Morgan fingerprint density at radius 3 is 2.42 bits per heavy atom. The molecule has 0 bridgehead atoms. The second-order valence-corrected chi connectivity index (χ2v) is 6.72. The lowest BCUT2D eigenvalue weighted by atomic mass is 10.1. The van der Waals surface area contributed by atoms with E-state index in [9.17, 15) is 14.4 Å². The summed E-state index contributed by atoms with van der Waals surface area (Å²) in [6.45, 7) is 1.95. The number of thiophene rings is 1. The first-order valence-corrected chi connectivity index (χ1v) is 8.61. The molecule has 0 fully saturated rings. The van der Waals surface area contributed by atoms with Crippen molar-refractivity contribution in [3.8, 4) is 0 Å². The number of hydrogen-bond acceptors (Lipinski definition) is 4. The first-order valence-electron chi connectivity index (χ1n) is 7.41. The third-order valence-electron chi connectivity index (χ3n) is 3.40. The van der Waals surface area contributed by atoms with Crippen LogP contribution < -0.4 is 11.1 Å². The van der Waals surface area contributed by atoms with Crippen LogP contribution >= 0.6 is 22.9 Å². The molecule has 1 heterocycles. The molecule has 1 aromatic carbocycles. The summed E-state index contributed by atoms with van der Waals surface area (Å²) in [6, 6.07) is 8.19. The van der Waals surface area contributed by atoms with E-state index < -0.39 is 5.91 Å². The van der Waals surface area contributed by atoms with E-state index >= 15 is 0 Å². The predicted octanol–water partition coefficient (Wildman–Crippen LogP) is 3.66. The molecule has 0 aliphatic carbocycles. The fourth-order valence-corrected chi connectivity index (χ4v) is 3.23. The topological polar surface area (TPSA) is 89.3 Å².